The monoisotopic (exact) mass is 1050 g/mol. The number of hydrogen-bond acceptors (Lipinski definition) is 11. The number of fused-ring (bicyclic) bond motifs is 9. The van der Waals surface area contributed by atoms with E-state index in [4.69, 9.17) is 18.9 Å². The molecule has 418 valence electrons. The van der Waals surface area contributed by atoms with Crippen LogP contribution >= 0.6 is 0 Å². The fraction of sp³-hybridized carbons (Fsp3) is 0.750. The number of amides is 1. The molecule has 12 nitrogen and oxygen atoms in total. The molecule has 1 aromatic rings. The van der Waals surface area contributed by atoms with Gasteiger partial charge >= 0.3 is 18.0 Å². The zero-order valence-corrected chi connectivity index (χ0v) is 47.8. The second-order valence-corrected chi connectivity index (χ2v) is 26.7. The van der Waals surface area contributed by atoms with Gasteiger partial charge in [0, 0.05) is 62.3 Å². The average Bonchev–Trinajstić information content (AvgIpc) is 4.00. The molecule has 8 aliphatic rings. The maximum Gasteiger partial charge on any atom is 0.407 e. The van der Waals surface area contributed by atoms with Gasteiger partial charge < -0.3 is 39.4 Å². The third kappa shape index (κ3) is 10.7. The van der Waals surface area contributed by atoms with Crippen LogP contribution in [0.1, 0.15) is 182 Å². The molecule has 1 aromatic carbocycles. The fourth-order valence-electron chi connectivity index (χ4n) is 17.8. The zero-order chi connectivity index (χ0) is 54.5. The van der Waals surface area contributed by atoms with E-state index in [0.717, 1.165) is 82.9 Å². The van der Waals surface area contributed by atoms with E-state index in [1.54, 1.807) is 0 Å². The molecule has 8 aliphatic carbocycles. The molecule has 0 aromatic heterocycles. The summed E-state index contributed by atoms with van der Waals surface area (Å²) in [7, 11) is 3.57. The molecule has 0 radical (unpaired) electrons. The number of ketones is 1. The quantitative estimate of drug-likeness (QED) is 0.0664. The zero-order valence-electron chi connectivity index (χ0n) is 47.8. The second-order valence-electron chi connectivity index (χ2n) is 26.7. The van der Waals surface area contributed by atoms with Crippen molar-refractivity contribution in [2.24, 2.45) is 63.6 Å². The fourth-order valence-corrected chi connectivity index (χ4v) is 17.8. The molecule has 2 unspecified atom stereocenters. The summed E-state index contributed by atoms with van der Waals surface area (Å²) in [5.41, 5.74) is 4.20. The van der Waals surface area contributed by atoms with Crippen LogP contribution in [0.3, 0.4) is 0 Å². The summed E-state index contributed by atoms with van der Waals surface area (Å²) in [6.45, 7) is 18.2. The minimum atomic E-state index is -1.01. The Morgan fingerprint density at radius 1 is 0.921 bits per heavy atom. The first-order chi connectivity index (χ1) is 36.0. The van der Waals surface area contributed by atoms with Gasteiger partial charge in [0.2, 0.25) is 0 Å². The van der Waals surface area contributed by atoms with E-state index in [0.29, 0.717) is 63.5 Å². The number of likely N-dealkylation sites (N-methyl/N-ethyl adjacent to an activating group) is 1. The van der Waals surface area contributed by atoms with E-state index < -0.39 is 23.4 Å². The maximum absolute atomic E-state index is 13.9. The van der Waals surface area contributed by atoms with Gasteiger partial charge in [-0.15, -0.1) is 5.92 Å². The minimum absolute atomic E-state index is 0.0442. The lowest BCUT2D eigenvalue weighted by Gasteiger charge is -2.64. The van der Waals surface area contributed by atoms with Gasteiger partial charge in [0.1, 0.15) is 17.3 Å². The first kappa shape index (κ1) is 56.5. The molecule has 16 atom stereocenters. The van der Waals surface area contributed by atoms with Crippen molar-refractivity contribution in [2.45, 2.75) is 206 Å². The normalized spacial score (nSPS) is 37.8. The summed E-state index contributed by atoms with van der Waals surface area (Å²) in [5, 5.41) is 27.4. The number of ether oxygens (including phenoxy) is 4. The maximum atomic E-state index is 13.9. The molecule has 0 heterocycles. The van der Waals surface area contributed by atoms with Gasteiger partial charge in [-0.3, -0.25) is 14.4 Å². The number of hydrogen-bond donors (Lipinski definition) is 3. The van der Waals surface area contributed by atoms with Crippen molar-refractivity contribution < 1.29 is 48.3 Å². The van der Waals surface area contributed by atoms with E-state index >= 15 is 0 Å². The van der Waals surface area contributed by atoms with Crippen LogP contribution in [-0.4, -0.2) is 97.4 Å². The Bertz CT molecular complexity index is 2470. The van der Waals surface area contributed by atoms with Gasteiger partial charge in [0.25, 0.3) is 0 Å². The molecule has 0 saturated heterocycles. The van der Waals surface area contributed by atoms with Crippen molar-refractivity contribution in [3.8, 4) is 11.8 Å². The SMILES string of the molecule is CC#C[C@]1(O)CCC2C3CCC4=CC(=O)CCC4=C3[C@@H](c3ccc(N(C)CCO[C@H]4CC[C@@]5(C)[C@@H](C4)C[C@@H](OC(=O)CCCNC(=O)OC(C)(C)C)[C@@H]4[C@@H]5C[C@H](O)[C@]5(C)[C@@H]([C@H](C)CCC(=O)OC)CC[C@@H]45)cc3)C[C@@]21C. The van der Waals surface area contributed by atoms with Gasteiger partial charge in [0.05, 0.1) is 25.9 Å². The third-order valence-corrected chi connectivity index (χ3v) is 21.8. The predicted molar refractivity (Wildman–Crippen MR) is 294 cm³/mol. The van der Waals surface area contributed by atoms with Crippen LogP contribution in [-0.2, 0) is 33.3 Å². The van der Waals surface area contributed by atoms with Crippen molar-refractivity contribution in [1.82, 2.24) is 5.32 Å². The first-order valence-corrected chi connectivity index (χ1v) is 29.5. The number of methoxy groups -OCH3 is 1. The van der Waals surface area contributed by atoms with Gasteiger partial charge in [0.15, 0.2) is 5.78 Å². The topological polar surface area (TPSA) is 161 Å². The van der Waals surface area contributed by atoms with E-state index in [9.17, 15) is 29.4 Å². The van der Waals surface area contributed by atoms with Gasteiger partial charge in [-0.05, 0) is 211 Å². The van der Waals surface area contributed by atoms with Gasteiger partial charge in [-0.1, -0.05) is 51.3 Å². The van der Waals surface area contributed by atoms with Crippen LogP contribution in [0.4, 0.5) is 10.5 Å². The number of carbonyl (C=O) groups excluding carboxylic acids is 4. The summed E-state index contributed by atoms with van der Waals surface area (Å²) < 4.78 is 23.9. The first-order valence-electron chi connectivity index (χ1n) is 29.5. The standard InChI is InChI=1S/C64H92N2O10/c1-11-28-64(72)30-27-50-47-21-17-41-34-44(67)20-22-46(41)57(47)48(38-62(50,64)7)40-15-18-43(19-16-40)66(9)32-33-74-45-26-29-61(6)42(35-45)36-53(75-56(70)13-12-31-65-59(71)76-60(3,4)5)58-51-24-23-49(39(2)14-25-55(69)73-10)63(51,8)54(68)37-52(58)61/h15-16,18-19,34,39,42,45,47-54,58,68,72H,12-14,17,20-27,29-33,35-38H2,1-10H3,(H,65,71)/t39-,42+,45+,47?,48-,49-,50?,51+,52+,53-,54+,58+,61+,62+,63-,64+/m1/s1. The third-order valence-electron chi connectivity index (χ3n) is 21.8. The van der Waals surface area contributed by atoms with Crippen molar-refractivity contribution in [3.63, 3.8) is 0 Å². The number of nitrogens with one attached hydrogen (secondary N) is 1. The molecule has 0 spiro atoms. The number of alkyl carbamates (subject to hydrolysis) is 1. The lowest BCUT2D eigenvalue weighted by atomic mass is 9.43. The molecule has 9 rings (SSSR count). The molecular formula is C64H92N2O10. The molecule has 6 saturated carbocycles. The van der Waals surface area contributed by atoms with E-state index in [1.165, 1.54) is 29.4 Å². The highest BCUT2D eigenvalue weighted by atomic mass is 16.6. The van der Waals surface area contributed by atoms with Crippen molar-refractivity contribution in [3.05, 3.63) is 52.6 Å². The van der Waals surface area contributed by atoms with Crippen molar-refractivity contribution in [1.29, 1.82) is 0 Å². The smallest absolute Gasteiger partial charge is 0.407 e. The Labute approximate surface area is 454 Å². The number of nitrogens with zero attached hydrogens (tertiary/aromatic N) is 1. The Balaban J connectivity index is 0.867. The Morgan fingerprint density at radius 3 is 2.41 bits per heavy atom. The van der Waals surface area contributed by atoms with Gasteiger partial charge in [-0.2, -0.15) is 0 Å². The number of anilines is 1. The van der Waals surface area contributed by atoms with Crippen LogP contribution < -0.4 is 10.2 Å². The van der Waals surface area contributed by atoms with Crippen LogP contribution in [0.2, 0.25) is 0 Å². The lowest BCUT2D eigenvalue weighted by Crippen LogP contribution is -2.63. The number of benzene rings is 1. The summed E-state index contributed by atoms with van der Waals surface area (Å²) in [6.07, 6.45) is 14.4. The molecule has 3 N–H and O–H groups in total. The highest BCUT2D eigenvalue weighted by Crippen LogP contribution is 2.70. The number of esters is 2. The Morgan fingerprint density at radius 2 is 1.68 bits per heavy atom. The van der Waals surface area contributed by atoms with Crippen LogP contribution in [0.25, 0.3) is 0 Å². The van der Waals surface area contributed by atoms with Crippen molar-refractivity contribution >= 4 is 29.5 Å². The van der Waals surface area contributed by atoms with E-state index in [2.05, 4.69) is 81.1 Å². The molecule has 76 heavy (non-hydrogen) atoms. The highest BCUT2D eigenvalue weighted by Gasteiger charge is 2.67. The van der Waals surface area contributed by atoms with Gasteiger partial charge in [-0.25, -0.2) is 4.79 Å². The Kier molecular flexibility index (Phi) is 16.5. The molecule has 12 heteroatoms. The van der Waals surface area contributed by atoms with Crippen molar-refractivity contribution in [2.75, 3.05) is 38.8 Å². The van der Waals surface area contributed by atoms with Crippen LogP contribution in [0.5, 0.6) is 0 Å². The van der Waals surface area contributed by atoms with Crippen LogP contribution in [0, 0.1) is 75.4 Å². The number of rotatable bonds is 15. The largest absolute Gasteiger partial charge is 0.469 e. The van der Waals surface area contributed by atoms with Crippen LogP contribution in [0.15, 0.2) is 47.1 Å². The summed E-state index contributed by atoms with van der Waals surface area (Å²) >= 11 is 0. The molecule has 6 fully saturated rings. The minimum Gasteiger partial charge on any atom is -0.469 e. The van der Waals surface area contributed by atoms with E-state index in [-0.39, 0.29) is 94.0 Å². The predicted octanol–water partition coefficient (Wildman–Crippen LogP) is 11.2. The average molecular weight is 1050 g/mol. The number of carbonyl (C=O) groups is 4. The second kappa shape index (κ2) is 22.2. The summed E-state index contributed by atoms with van der Waals surface area (Å²) in [6, 6.07) is 9.07. The molecule has 0 bridgehead atoms. The van der Waals surface area contributed by atoms with E-state index in [1.807, 2.05) is 33.8 Å². The molecule has 0 aliphatic heterocycles. The highest BCUT2D eigenvalue weighted by molar-refractivity contribution is 5.93. The lowest BCUT2D eigenvalue weighted by molar-refractivity contribution is -0.219. The Hall–Kier alpha value is -4.18. The molecular weight excluding hydrogens is 957 g/mol. The number of allylic oxidation sites excluding steroid dienone is 4. The molecule has 1 amide bonds. The number of aliphatic hydroxyl groups is 2. The number of aliphatic hydroxyl groups excluding tert-OH is 1. The summed E-state index contributed by atoms with van der Waals surface area (Å²) in [5.74, 6) is 8.26. The summed E-state index contributed by atoms with van der Waals surface area (Å²) in [4.78, 5) is 53.3.